The summed E-state index contributed by atoms with van der Waals surface area (Å²) in [5.74, 6) is -0.0382. The van der Waals surface area contributed by atoms with Gasteiger partial charge in [0.1, 0.15) is 0 Å². The number of carbonyl (C=O) groups excluding carboxylic acids is 2. The number of pyridine rings is 1. The van der Waals surface area contributed by atoms with Crippen LogP contribution in [0, 0.1) is 0 Å². The Labute approximate surface area is 99.0 Å². The lowest BCUT2D eigenvalue weighted by Crippen LogP contribution is -2.60. The first-order valence-corrected chi connectivity index (χ1v) is 5.75. The van der Waals surface area contributed by atoms with Crippen molar-refractivity contribution in [2.24, 2.45) is 0 Å². The second-order valence-corrected chi connectivity index (χ2v) is 4.42. The molecule has 5 nitrogen and oxygen atoms in total. The summed E-state index contributed by atoms with van der Waals surface area (Å²) < 4.78 is 0. The van der Waals surface area contributed by atoms with Crippen molar-refractivity contribution in [3.63, 3.8) is 0 Å². The fraction of sp³-hybridized carbons (Fsp3) is 0.417. The smallest absolute Gasteiger partial charge is 0.230 e. The van der Waals surface area contributed by atoms with E-state index in [0.717, 1.165) is 18.8 Å². The predicted octanol–water partition coefficient (Wildman–Crippen LogP) is 0.419. The van der Waals surface area contributed by atoms with Crippen LogP contribution in [0.25, 0.3) is 0 Å². The molecule has 5 heteroatoms. The molecule has 0 unspecified atom stereocenters. The summed E-state index contributed by atoms with van der Waals surface area (Å²) in [5, 5.41) is 0. The van der Waals surface area contributed by atoms with Gasteiger partial charge in [0.15, 0.2) is 0 Å². The minimum atomic E-state index is -0.0191. The molecular weight excluding hydrogens is 218 g/mol. The maximum atomic E-state index is 11.5. The van der Waals surface area contributed by atoms with Crippen LogP contribution >= 0.6 is 0 Å². The van der Waals surface area contributed by atoms with Gasteiger partial charge < -0.3 is 4.90 Å². The summed E-state index contributed by atoms with van der Waals surface area (Å²) in [7, 11) is 0. The molecule has 17 heavy (non-hydrogen) atoms. The topological polar surface area (TPSA) is 53.5 Å². The Bertz CT molecular complexity index is 438. The lowest BCUT2D eigenvalue weighted by molar-refractivity contribution is -0.141. The second-order valence-electron chi connectivity index (χ2n) is 4.42. The van der Waals surface area contributed by atoms with Gasteiger partial charge in [-0.15, -0.1) is 0 Å². The van der Waals surface area contributed by atoms with Crippen molar-refractivity contribution in [1.29, 1.82) is 0 Å². The molecule has 1 aromatic rings. The number of aromatic nitrogens is 1. The minimum Gasteiger partial charge on any atom is -0.367 e. The zero-order valence-electron chi connectivity index (χ0n) is 9.37. The molecule has 2 saturated heterocycles. The molecule has 0 spiro atoms. The van der Waals surface area contributed by atoms with Crippen molar-refractivity contribution in [1.82, 2.24) is 9.88 Å². The van der Waals surface area contributed by atoms with Gasteiger partial charge in [-0.25, -0.2) is 0 Å². The first-order chi connectivity index (χ1) is 8.25. The molecule has 0 aliphatic carbocycles. The third kappa shape index (κ3) is 1.67. The van der Waals surface area contributed by atoms with E-state index < -0.39 is 0 Å². The summed E-state index contributed by atoms with van der Waals surface area (Å²) in [6, 6.07) is 3.93. The van der Waals surface area contributed by atoms with Crippen LogP contribution in [-0.4, -0.2) is 40.8 Å². The largest absolute Gasteiger partial charge is 0.367 e. The van der Waals surface area contributed by atoms with Crippen LogP contribution in [0.4, 0.5) is 5.69 Å². The molecule has 3 heterocycles. The van der Waals surface area contributed by atoms with Gasteiger partial charge in [0, 0.05) is 44.0 Å². The number of hydrogen-bond acceptors (Lipinski definition) is 4. The minimum absolute atomic E-state index is 0.0191. The van der Waals surface area contributed by atoms with Crippen molar-refractivity contribution >= 4 is 17.5 Å². The van der Waals surface area contributed by atoms with Crippen LogP contribution in [0.3, 0.4) is 0 Å². The first kappa shape index (κ1) is 10.3. The van der Waals surface area contributed by atoms with Gasteiger partial charge in [0.2, 0.25) is 11.8 Å². The molecule has 0 saturated carbocycles. The Balaban J connectivity index is 1.65. The van der Waals surface area contributed by atoms with E-state index >= 15 is 0 Å². The van der Waals surface area contributed by atoms with E-state index in [2.05, 4.69) is 9.88 Å². The van der Waals surface area contributed by atoms with Gasteiger partial charge in [-0.1, -0.05) is 0 Å². The summed E-state index contributed by atoms with van der Waals surface area (Å²) in [6.07, 6.45) is 4.25. The molecule has 0 atom stereocenters. The van der Waals surface area contributed by atoms with Crippen LogP contribution in [0.2, 0.25) is 0 Å². The fourth-order valence-electron chi connectivity index (χ4n) is 2.39. The van der Waals surface area contributed by atoms with E-state index in [-0.39, 0.29) is 17.9 Å². The Morgan fingerprint density at radius 1 is 1.06 bits per heavy atom. The number of hydrogen-bond donors (Lipinski definition) is 0. The van der Waals surface area contributed by atoms with Crippen molar-refractivity contribution in [2.75, 3.05) is 18.0 Å². The molecule has 1 aromatic heterocycles. The molecule has 0 bridgehead atoms. The van der Waals surface area contributed by atoms with E-state index in [1.165, 1.54) is 4.90 Å². The number of anilines is 1. The van der Waals surface area contributed by atoms with Crippen LogP contribution < -0.4 is 4.90 Å². The van der Waals surface area contributed by atoms with E-state index in [1.807, 2.05) is 12.1 Å². The van der Waals surface area contributed by atoms with Crippen LogP contribution in [-0.2, 0) is 9.59 Å². The summed E-state index contributed by atoms with van der Waals surface area (Å²) in [6.45, 7) is 1.48. The molecule has 0 aromatic carbocycles. The van der Waals surface area contributed by atoms with Gasteiger partial charge in [0.25, 0.3) is 0 Å². The van der Waals surface area contributed by atoms with Crippen molar-refractivity contribution in [2.45, 2.75) is 18.9 Å². The predicted molar refractivity (Wildman–Crippen MR) is 61.3 cm³/mol. The maximum Gasteiger partial charge on any atom is 0.230 e. The molecule has 0 N–H and O–H groups in total. The molecule has 88 valence electrons. The average molecular weight is 231 g/mol. The van der Waals surface area contributed by atoms with Crippen LogP contribution in [0.1, 0.15) is 12.8 Å². The number of imide groups is 1. The Morgan fingerprint density at radius 3 is 2.24 bits per heavy atom. The van der Waals surface area contributed by atoms with Gasteiger partial charge in [-0.3, -0.25) is 19.5 Å². The zero-order valence-corrected chi connectivity index (χ0v) is 9.37. The normalized spacial score (nSPS) is 20.9. The highest BCUT2D eigenvalue weighted by atomic mass is 16.2. The number of likely N-dealkylation sites (tertiary alicyclic amines) is 1. The highest BCUT2D eigenvalue weighted by Gasteiger charge is 2.41. The second kappa shape index (κ2) is 3.84. The van der Waals surface area contributed by atoms with Gasteiger partial charge in [-0.05, 0) is 12.1 Å². The first-order valence-electron chi connectivity index (χ1n) is 5.75. The van der Waals surface area contributed by atoms with Gasteiger partial charge >= 0.3 is 0 Å². The van der Waals surface area contributed by atoms with Crippen LogP contribution in [0.15, 0.2) is 24.5 Å². The molecule has 2 aliphatic heterocycles. The molecule has 0 radical (unpaired) electrons. The Kier molecular flexibility index (Phi) is 2.31. The van der Waals surface area contributed by atoms with Crippen molar-refractivity contribution < 1.29 is 9.59 Å². The maximum absolute atomic E-state index is 11.5. The van der Waals surface area contributed by atoms with Gasteiger partial charge in [0.05, 0.1) is 6.04 Å². The average Bonchev–Trinajstić information content (AvgIpc) is 2.60. The summed E-state index contributed by atoms with van der Waals surface area (Å²) in [4.78, 5) is 30.6. The molecule has 2 fully saturated rings. The standard InChI is InChI=1S/C12H13N3O2/c16-11-1-2-12(17)15(11)10-7-14(8-10)9-3-5-13-6-4-9/h3-6,10H,1-2,7-8H2. The molecule has 2 aliphatic rings. The highest BCUT2D eigenvalue weighted by molar-refractivity contribution is 6.02. The SMILES string of the molecule is O=C1CCC(=O)N1C1CN(c2ccncc2)C1. The quantitative estimate of drug-likeness (QED) is 0.692. The lowest BCUT2D eigenvalue weighted by atomic mass is 10.1. The summed E-state index contributed by atoms with van der Waals surface area (Å²) in [5.41, 5.74) is 1.09. The van der Waals surface area contributed by atoms with E-state index in [9.17, 15) is 9.59 Å². The number of nitrogens with zero attached hydrogens (tertiary/aromatic N) is 3. The number of amides is 2. The summed E-state index contributed by atoms with van der Waals surface area (Å²) >= 11 is 0. The number of carbonyl (C=O) groups is 2. The van der Waals surface area contributed by atoms with Crippen LogP contribution in [0.5, 0.6) is 0 Å². The molecule has 3 rings (SSSR count). The van der Waals surface area contributed by atoms with Gasteiger partial charge in [-0.2, -0.15) is 0 Å². The zero-order chi connectivity index (χ0) is 11.8. The lowest BCUT2D eigenvalue weighted by Gasteiger charge is -2.44. The van der Waals surface area contributed by atoms with Crippen molar-refractivity contribution in [3.8, 4) is 0 Å². The van der Waals surface area contributed by atoms with E-state index in [4.69, 9.17) is 0 Å². The molecular formula is C12H13N3O2. The Morgan fingerprint density at radius 2 is 1.65 bits per heavy atom. The van der Waals surface area contributed by atoms with E-state index in [1.54, 1.807) is 12.4 Å². The van der Waals surface area contributed by atoms with E-state index in [0.29, 0.717) is 12.8 Å². The monoisotopic (exact) mass is 231 g/mol. The fourth-order valence-corrected chi connectivity index (χ4v) is 2.39. The van der Waals surface area contributed by atoms with Crippen molar-refractivity contribution in [3.05, 3.63) is 24.5 Å². The third-order valence-corrected chi connectivity index (χ3v) is 3.35. The molecule has 2 amide bonds. The Hall–Kier alpha value is -1.91. The number of rotatable bonds is 2. The third-order valence-electron chi connectivity index (χ3n) is 3.35. The highest BCUT2D eigenvalue weighted by Crippen LogP contribution is 2.26.